The number of carbonyl (C=O) groups excluding carboxylic acids is 1. The number of likely N-dealkylation sites (N-methyl/N-ethyl adjacent to an activating group) is 1. The molecule has 0 saturated heterocycles. The first-order valence-electron chi connectivity index (χ1n) is 6.83. The van der Waals surface area contributed by atoms with Crippen molar-refractivity contribution in [3.63, 3.8) is 0 Å². The van der Waals surface area contributed by atoms with E-state index in [1.165, 1.54) is 34.4 Å². The zero-order chi connectivity index (χ0) is 16.8. The van der Waals surface area contributed by atoms with E-state index in [1.807, 2.05) is 6.92 Å². The lowest BCUT2D eigenvalue weighted by molar-refractivity contribution is -0.125. The fourth-order valence-corrected chi connectivity index (χ4v) is 2.60. The average Bonchev–Trinajstić information content (AvgIpc) is 2.90. The maximum Gasteiger partial charge on any atom is 0.387 e. The molecule has 1 amide bonds. The molecule has 0 atom stereocenters. The van der Waals surface area contributed by atoms with E-state index in [4.69, 9.17) is 0 Å². The number of thiazole rings is 1. The monoisotopic (exact) mass is 338 g/mol. The van der Waals surface area contributed by atoms with Crippen LogP contribution < -0.4 is 4.74 Å². The Hall–Kier alpha value is -2.28. The second-order valence-electron chi connectivity index (χ2n) is 4.84. The van der Waals surface area contributed by atoms with E-state index in [-0.39, 0.29) is 11.7 Å². The van der Waals surface area contributed by atoms with E-state index in [0.29, 0.717) is 12.1 Å². The molecule has 1 heterocycles. The van der Waals surface area contributed by atoms with Crippen molar-refractivity contribution >= 4 is 23.3 Å². The number of ether oxygens (including phenoxy) is 1. The third-order valence-electron chi connectivity index (χ3n) is 2.95. The number of halogens is 2. The molecule has 0 bridgehead atoms. The lowest BCUT2D eigenvalue weighted by atomic mass is 10.2. The smallest absolute Gasteiger partial charge is 0.387 e. The minimum absolute atomic E-state index is 0.0778. The zero-order valence-corrected chi connectivity index (χ0v) is 13.5. The standard InChI is InChI=1S/C16H16F2N2O2S/c1-11-19-9-14(23-11)6-7-15(21)20(2)10-12-4-3-5-13(8-12)22-16(17)18/h3-9,16H,10H2,1-2H3/b7-6+. The van der Waals surface area contributed by atoms with Gasteiger partial charge < -0.3 is 9.64 Å². The SMILES string of the molecule is Cc1ncc(/C=C/C(=O)N(C)Cc2cccc(OC(F)F)c2)s1. The van der Waals surface area contributed by atoms with Crippen LogP contribution in [0.4, 0.5) is 8.78 Å². The number of benzene rings is 1. The van der Waals surface area contributed by atoms with Crippen molar-refractivity contribution in [2.24, 2.45) is 0 Å². The quantitative estimate of drug-likeness (QED) is 0.754. The van der Waals surface area contributed by atoms with Crippen LogP contribution in [0.1, 0.15) is 15.4 Å². The zero-order valence-electron chi connectivity index (χ0n) is 12.7. The van der Waals surface area contributed by atoms with Crippen molar-refractivity contribution in [3.05, 3.63) is 52.0 Å². The normalized spacial score (nSPS) is 11.2. The first kappa shape index (κ1) is 17.1. The lowest BCUT2D eigenvalue weighted by Gasteiger charge is -2.15. The van der Waals surface area contributed by atoms with E-state index >= 15 is 0 Å². The molecule has 0 unspecified atom stereocenters. The van der Waals surface area contributed by atoms with Crippen LogP contribution in [0.15, 0.2) is 36.5 Å². The number of amides is 1. The highest BCUT2D eigenvalue weighted by molar-refractivity contribution is 7.12. The van der Waals surface area contributed by atoms with Crippen molar-refractivity contribution in [3.8, 4) is 5.75 Å². The number of aryl methyl sites for hydroxylation is 1. The minimum Gasteiger partial charge on any atom is -0.435 e. The predicted octanol–water partition coefficient (Wildman–Crippen LogP) is 3.72. The highest BCUT2D eigenvalue weighted by Gasteiger charge is 2.09. The van der Waals surface area contributed by atoms with Gasteiger partial charge in [-0.25, -0.2) is 4.98 Å². The second-order valence-corrected chi connectivity index (χ2v) is 6.10. The minimum atomic E-state index is -2.87. The van der Waals surface area contributed by atoms with Crippen molar-refractivity contribution in [1.82, 2.24) is 9.88 Å². The van der Waals surface area contributed by atoms with Crippen LogP contribution in [0.3, 0.4) is 0 Å². The first-order chi connectivity index (χ1) is 10.9. The van der Waals surface area contributed by atoms with Crippen LogP contribution in [0, 0.1) is 6.92 Å². The fourth-order valence-electron chi connectivity index (χ4n) is 1.91. The Balaban J connectivity index is 1.96. The summed E-state index contributed by atoms with van der Waals surface area (Å²) in [5, 5.41) is 0.932. The molecule has 122 valence electrons. The maximum atomic E-state index is 12.2. The number of nitrogens with zero attached hydrogens (tertiary/aromatic N) is 2. The largest absolute Gasteiger partial charge is 0.435 e. The highest BCUT2D eigenvalue weighted by atomic mass is 32.1. The van der Waals surface area contributed by atoms with Crippen molar-refractivity contribution in [2.75, 3.05) is 7.05 Å². The van der Waals surface area contributed by atoms with Crippen LogP contribution in [-0.4, -0.2) is 29.5 Å². The van der Waals surface area contributed by atoms with Crippen molar-refractivity contribution in [1.29, 1.82) is 0 Å². The Morgan fingerprint density at radius 1 is 1.48 bits per heavy atom. The molecule has 0 fully saturated rings. The van der Waals surface area contributed by atoms with Crippen molar-refractivity contribution < 1.29 is 18.3 Å². The third-order valence-corrected chi connectivity index (χ3v) is 3.83. The summed E-state index contributed by atoms with van der Waals surface area (Å²) in [7, 11) is 1.64. The molecule has 23 heavy (non-hydrogen) atoms. The van der Waals surface area contributed by atoms with Crippen LogP contribution in [-0.2, 0) is 11.3 Å². The Morgan fingerprint density at radius 2 is 2.26 bits per heavy atom. The summed E-state index contributed by atoms with van der Waals surface area (Å²) in [6.07, 6.45) is 4.88. The van der Waals surface area contributed by atoms with Gasteiger partial charge in [0.15, 0.2) is 0 Å². The summed E-state index contributed by atoms with van der Waals surface area (Å²) in [4.78, 5) is 18.6. The number of rotatable bonds is 6. The van der Waals surface area contributed by atoms with Gasteiger partial charge in [0, 0.05) is 30.7 Å². The summed E-state index contributed by atoms with van der Waals surface area (Å²) in [5.41, 5.74) is 0.709. The van der Waals surface area contributed by atoms with E-state index in [0.717, 1.165) is 9.88 Å². The van der Waals surface area contributed by atoms with Gasteiger partial charge >= 0.3 is 6.61 Å². The number of carbonyl (C=O) groups is 1. The molecular weight excluding hydrogens is 322 g/mol. The molecule has 1 aromatic heterocycles. The van der Waals surface area contributed by atoms with Gasteiger partial charge in [-0.05, 0) is 30.7 Å². The van der Waals surface area contributed by atoms with Gasteiger partial charge in [-0.15, -0.1) is 11.3 Å². The number of hydrogen-bond donors (Lipinski definition) is 0. The van der Waals surface area contributed by atoms with E-state index in [9.17, 15) is 13.6 Å². The van der Waals surface area contributed by atoms with Gasteiger partial charge in [-0.1, -0.05) is 12.1 Å². The van der Waals surface area contributed by atoms with Gasteiger partial charge in [0.2, 0.25) is 5.91 Å². The maximum absolute atomic E-state index is 12.2. The summed E-state index contributed by atoms with van der Waals surface area (Å²) in [6.45, 7) is -0.675. The molecule has 4 nitrogen and oxygen atoms in total. The number of aromatic nitrogens is 1. The second kappa shape index (κ2) is 7.82. The molecule has 7 heteroatoms. The molecule has 2 rings (SSSR count). The summed E-state index contributed by atoms with van der Waals surface area (Å²) < 4.78 is 28.8. The average molecular weight is 338 g/mol. The molecule has 0 aliphatic heterocycles. The van der Waals surface area contributed by atoms with Crippen LogP contribution in [0.5, 0.6) is 5.75 Å². The molecule has 0 aliphatic carbocycles. The van der Waals surface area contributed by atoms with Crippen LogP contribution >= 0.6 is 11.3 Å². The number of hydrogen-bond acceptors (Lipinski definition) is 4. The summed E-state index contributed by atoms with van der Waals surface area (Å²) in [5.74, 6) is -0.106. The summed E-state index contributed by atoms with van der Waals surface area (Å²) in [6, 6.07) is 6.30. The van der Waals surface area contributed by atoms with Gasteiger partial charge in [0.1, 0.15) is 5.75 Å². The van der Waals surface area contributed by atoms with Gasteiger partial charge in [0.05, 0.1) is 5.01 Å². The van der Waals surface area contributed by atoms with Crippen LogP contribution in [0.25, 0.3) is 6.08 Å². The number of alkyl halides is 2. The van der Waals surface area contributed by atoms with E-state index < -0.39 is 6.61 Å². The van der Waals surface area contributed by atoms with Gasteiger partial charge in [-0.3, -0.25) is 4.79 Å². The molecule has 2 aromatic rings. The Kier molecular flexibility index (Phi) is 5.81. The van der Waals surface area contributed by atoms with Gasteiger partial charge in [0.25, 0.3) is 0 Å². The predicted molar refractivity (Wildman–Crippen MR) is 85.4 cm³/mol. The molecule has 1 aromatic carbocycles. The fraction of sp³-hybridized carbons (Fsp3) is 0.250. The molecule has 0 aliphatic rings. The molecule has 0 saturated carbocycles. The van der Waals surface area contributed by atoms with Crippen LogP contribution in [0.2, 0.25) is 0 Å². The van der Waals surface area contributed by atoms with Gasteiger partial charge in [-0.2, -0.15) is 8.78 Å². The highest BCUT2D eigenvalue weighted by Crippen LogP contribution is 2.17. The lowest BCUT2D eigenvalue weighted by Crippen LogP contribution is -2.24. The Bertz CT molecular complexity index is 701. The third kappa shape index (κ3) is 5.45. The van der Waals surface area contributed by atoms with Crippen molar-refractivity contribution in [2.45, 2.75) is 20.1 Å². The summed E-state index contributed by atoms with van der Waals surface area (Å²) >= 11 is 1.50. The molecular formula is C16H16F2N2O2S. The first-order valence-corrected chi connectivity index (χ1v) is 7.65. The Morgan fingerprint density at radius 3 is 2.91 bits per heavy atom. The van der Waals surface area contributed by atoms with E-state index in [1.54, 1.807) is 31.5 Å². The topological polar surface area (TPSA) is 42.4 Å². The molecule has 0 radical (unpaired) electrons. The van der Waals surface area contributed by atoms with E-state index in [2.05, 4.69) is 9.72 Å². The molecule has 0 N–H and O–H groups in total. The molecule has 0 spiro atoms. The Labute approximate surface area is 137 Å².